The number of nitrogens with one attached hydrogen (secondary N) is 1. The molecule has 2 aromatic rings. The van der Waals surface area contributed by atoms with Gasteiger partial charge >= 0.3 is 0 Å². The van der Waals surface area contributed by atoms with Gasteiger partial charge in [0.25, 0.3) is 5.91 Å². The second-order valence-electron chi connectivity index (χ2n) is 4.29. The van der Waals surface area contributed by atoms with E-state index in [4.69, 9.17) is 0 Å². The molecule has 0 spiro atoms. The average molecular weight is 243 g/mol. The van der Waals surface area contributed by atoms with Gasteiger partial charge < -0.3 is 0 Å². The van der Waals surface area contributed by atoms with Gasteiger partial charge in [-0.15, -0.1) is 5.10 Å². The van der Waals surface area contributed by atoms with E-state index in [1.807, 2.05) is 37.4 Å². The van der Waals surface area contributed by atoms with E-state index < -0.39 is 0 Å². The first-order valence-corrected chi connectivity index (χ1v) is 5.73. The van der Waals surface area contributed by atoms with E-state index in [-0.39, 0.29) is 5.91 Å². The van der Waals surface area contributed by atoms with Crippen molar-refractivity contribution in [3.8, 4) is 0 Å². The lowest BCUT2D eigenvalue weighted by Crippen LogP contribution is -2.44. The van der Waals surface area contributed by atoms with Crippen molar-refractivity contribution >= 4 is 16.9 Å². The maximum absolute atomic E-state index is 11.8. The minimum atomic E-state index is -0.0802. The summed E-state index contributed by atoms with van der Waals surface area (Å²) in [4.78, 5) is 11.8. The number of hydrazine groups is 1. The lowest BCUT2D eigenvalue weighted by Gasteiger charge is -2.22. The number of carbonyl (C=O) groups excluding carboxylic acids is 1. The monoisotopic (exact) mass is 243 g/mol. The molecule has 18 heavy (non-hydrogen) atoms. The molecule has 1 aromatic heterocycles. The molecule has 6 nitrogen and oxygen atoms in total. The third kappa shape index (κ3) is 1.86. The van der Waals surface area contributed by atoms with Crippen LogP contribution < -0.4 is 5.43 Å². The Bertz CT molecular complexity index is 630. The highest BCUT2D eigenvalue weighted by Gasteiger charge is 2.17. The van der Waals surface area contributed by atoms with Crippen LogP contribution in [0.2, 0.25) is 0 Å². The number of benzene rings is 1. The summed E-state index contributed by atoms with van der Waals surface area (Å²) >= 11 is 0. The largest absolute Gasteiger partial charge is 0.285 e. The second kappa shape index (κ2) is 4.23. The van der Waals surface area contributed by atoms with Gasteiger partial charge in [0.15, 0.2) is 0 Å². The Hall–Kier alpha value is -2.21. The quantitative estimate of drug-likeness (QED) is 0.826. The third-order valence-corrected chi connectivity index (χ3v) is 2.94. The fraction of sp³-hybridized carbons (Fsp3) is 0.250. The normalized spacial score (nSPS) is 16.7. The molecule has 92 valence electrons. The Kier molecular flexibility index (Phi) is 2.56. The molecule has 0 bridgehead atoms. The van der Waals surface area contributed by atoms with Crippen LogP contribution in [0.15, 0.2) is 35.9 Å². The van der Waals surface area contributed by atoms with Crippen LogP contribution in [0.3, 0.4) is 0 Å². The first-order valence-electron chi connectivity index (χ1n) is 5.73. The summed E-state index contributed by atoms with van der Waals surface area (Å²) in [6.07, 6.45) is 1.91. The zero-order valence-corrected chi connectivity index (χ0v) is 10.00. The van der Waals surface area contributed by atoms with Crippen molar-refractivity contribution in [1.82, 2.24) is 25.4 Å². The fourth-order valence-electron chi connectivity index (χ4n) is 1.96. The first kappa shape index (κ1) is 10.9. The predicted octanol–water partition coefficient (Wildman–Crippen LogP) is 0.334. The minimum Gasteiger partial charge on any atom is -0.285 e. The van der Waals surface area contributed by atoms with Gasteiger partial charge in [-0.3, -0.25) is 10.2 Å². The van der Waals surface area contributed by atoms with Crippen LogP contribution in [-0.4, -0.2) is 39.5 Å². The van der Waals surface area contributed by atoms with Crippen LogP contribution in [0.25, 0.3) is 11.0 Å². The number of hydrogen-bond donors (Lipinski definition) is 1. The number of likely N-dealkylation sites (N-methyl/N-ethyl adjacent to an activating group) is 1. The van der Waals surface area contributed by atoms with Crippen LogP contribution in [0.1, 0.15) is 0 Å². The molecule has 0 fully saturated rings. The number of amides is 1. The maximum Gasteiger partial charge on any atom is 0.263 e. The molecule has 0 radical (unpaired) electrons. The van der Waals surface area contributed by atoms with Crippen molar-refractivity contribution in [2.45, 2.75) is 6.54 Å². The SMILES string of the molecule is CN1CC=C(Cn2nnc3ccccc32)C(=O)N1. The number of nitrogens with zero attached hydrogens (tertiary/aromatic N) is 4. The van der Waals surface area contributed by atoms with E-state index in [1.54, 1.807) is 9.69 Å². The summed E-state index contributed by atoms with van der Waals surface area (Å²) in [6, 6.07) is 7.71. The topological polar surface area (TPSA) is 63.1 Å². The molecule has 2 heterocycles. The lowest BCUT2D eigenvalue weighted by molar-refractivity contribution is -0.122. The van der Waals surface area contributed by atoms with E-state index in [9.17, 15) is 4.79 Å². The predicted molar refractivity (Wildman–Crippen MR) is 66.4 cm³/mol. The Morgan fingerprint density at radius 1 is 1.39 bits per heavy atom. The van der Waals surface area contributed by atoms with Gasteiger partial charge in [0.05, 0.1) is 12.1 Å². The number of aromatic nitrogens is 3. The van der Waals surface area contributed by atoms with E-state index in [2.05, 4.69) is 15.7 Å². The smallest absolute Gasteiger partial charge is 0.263 e. The number of hydrogen-bond acceptors (Lipinski definition) is 4. The standard InChI is InChI=1S/C12H13N5O/c1-16-7-6-9(12(18)14-16)8-17-11-5-3-2-4-10(11)13-15-17/h2-6H,7-8H2,1H3,(H,14,18). The van der Waals surface area contributed by atoms with Gasteiger partial charge in [-0.25, -0.2) is 9.69 Å². The first-order chi connectivity index (χ1) is 8.74. The van der Waals surface area contributed by atoms with Crippen LogP contribution in [0, 0.1) is 0 Å². The molecule has 0 unspecified atom stereocenters. The lowest BCUT2D eigenvalue weighted by atomic mass is 10.2. The highest BCUT2D eigenvalue weighted by atomic mass is 16.2. The van der Waals surface area contributed by atoms with Crippen molar-refractivity contribution < 1.29 is 4.79 Å². The van der Waals surface area contributed by atoms with Crippen molar-refractivity contribution in [2.24, 2.45) is 0 Å². The van der Waals surface area contributed by atoms with Crippen LogP contribution in [0.4, 0.5) is 0 Å². The average Bonchev–Trinajstić information content (AvgIpc) is 2.76. The van der Waals surface area contributed by atoms with E-state index in [0.717, 1.165) is 11.0 Å². The van der Waals surface area contributed by atoms with E-state index in [1.165, 1.54) is 0 Å². The van der Waals surface area contributed by atoms with Gasteiger partial charge in [0.2, 0.25) is 0 Å². The molecule has 1 N–H and O–H groups in total. The Labute approximate surface area is 104 Å². The zero-order valence-electron chi connectivity index (χ0n) is 10.00. The van der Waals surface area contributed by atoms with Crippen molar-refractivity contribution in [3.05, 3.63) is 35.9 Å². The summed E-state index contributed by atoms with van der Waals surface area (Å²) < 4.78 is 1.74. The molecule has 0 atom stereocenters. The molecular weight excluding hydrogens is 230 g/mol. The minimum absolute atomic E-state index is 0.0802. The van der Waals surface area contributed by atoms with Gasteiger partial charge in [-0.2, -0.15) is 0 Å². The van der Waals surface area contributed by atoms with Crippen LogP contribution >= 0.6 is 0 Å². The maximum atomic E-state index is 11.8. The van der Waals surface area contributed by atoms with E-state index in [0.29, 0.717) is 18.7 Å². The van der Waals surface area contributed by atoms with Gasteiger partial charge in [0.1, 0.15) is 5.52 Å². The Morgan fingerprint density at radius 3 is 3.06 bits per heavy atom. The summed E-state index contributed by atoms with van der Waals surface area (Å²) in [6.45, 7) is 1.15. The van der Waals surface area contributed by atoms with E-state index >= 15 is 0 Å². The number of carbonyl (C=O) groups is 1. The Balaban J connectivity index is 1.91. The molecule has 3 rings (SSSR count). The summed E-state index contributed by atoms with van der Waals surface area (Å²) in [5, 5.41) is 9.88. The molecule has 0 saturated carbocycles. The van der Waals surface area contributed by atoms with Gasteiger partial charge in [-0.05, 0) is 12.1 Å². The molecule has 1 amide bonds. The van der Waals surface area contributed by atoms with Crippen molar-refractivity contribution in [1.29, 1.82) is 0 Å². The molecule has 1 aromatic carbocycles. The Morgan fingerprint density at radius 2 is 2.22 bits per heavy atom. The van der Waals surface area contributed by atoms with Crippen molar-refractivity contribution in [2.75, 3.05) is 13.6 Å². The van der Waals surface area contributed by atoms with Crippen LogP contribution in [-0.2, 0) is 11.3 Å². The summed E-state index contributed by atoms with van der Waals surface area (Å²) in [7, 11) is 1.83. The van der Waals surface area contributed by atoms with Gasteiger partial charge in [0, 0.05) is 19.2 Å². The van der Waals surface area contributed by atoms with Crippen LogP contribution in [0.5, 0.6) is 0 Å². The molecular formula is C12H13N5O. The van der Waals surface area contributed by atoms with Crippen molar-refractivity contribution in [3.63, 3.8) is 0 Å². The summed E-state index contributed by atoms with van der Waals surface area (Å²) in [5.41, 5.74) is 5.24. The fourth-order valence-corrected chi connectivity index (χ4v) is 1.96. The molecule has 6 heteroatoms. The number of rotatable bonds is 2. The molecule has 1 aliphatic heterocycles. The van der Waals surface area contributed by atoms with Gasteiger partial charge in [-0.1, -0.05) is 23.4 Å². The molecule has 0 saturated heterocycles. The molecule has 1 aliphatic rings. The third-order valence-electron chi connectivity index (χ3n) is 2.94. The summed E-state index contributed by atoms with van der Waals surface area (Å²) in [5.74, 6) is -0.0802. The highest BCUT2D eigenvalue weighted by Crippen LogP contribution is 2.12. The molecule has 0 aliphatic carbocycles. The highest BCUT2D eigenvalue weighted by molar-refractivity contribution is 5.93. The second-order valence-corrected chi connectivity index (χ2v) is 4.29. The number of fused-ring (bicyclic) bond motifs is 1. The zero-order chi connectivity index (χ0) is 12.5. The number of para-hydroxylation sites is 1.